The second-order valence-corrected chi connectivity index (χ2v) is 7.73. The zero-order chi connectivity index (χ0) is 23.1. The van der Waals surface area contributed by atoms with E-state index in [1.54, 1.807) is 4.90 Å². The first-order valence-electron chi connectivity index (χ1n) is 10.4. The van der Waals surface area contributed by atoms with E-state index in [0.29, 0.717) is 48.8 Å². The highest BCUT2D eigenvalue weighted by Gasteiger charge is 2.33. The molecule has 0 bridgehead atoms. The molecule has 1 unspecified atom stereocenters. The molecule has 2 aliphatic heterocycles. The lowest BCUT2D eigenvalue weighted by molar-refractivity contribution is -0.141. The maximum Gasteiger partial charge on any atom is 0.267 e. The van der Waals surface area contributed by atoms with Gasteiger partial charge in [-0.3, -0.25) is 4.79 Å². The number of benzene rings is 2. The summed E-state index contributed by atoms with van der Waals surface area (Å²) in [5, 5.41) is 0.403. The summed E-state index contributed by atoms with van der Waals surface area (Å²) in [7, 11) is 1.38. The van der Waals surface area contributed by atoms with E-state index in [4.69, 9.17) is 19.9 Å². The van der Waals surface area contributed by atoms with E-state index >= 15 is 0 Å². The highest BCUT2D eigenvalue weighted by atomic mass is 19.1. The summed E-state index contributed by atoms with van der Waals surface area (Å²) >= 11 is 0. The van der Waals surface area contributed by atoms with Gasteiger partial charge in [-0.1, -0.05) is 0 Å². The predicted molar refractivity (Wildman–Crippen MR) is 116 cm³/mol. The molecule has 172 valence electrons. The van der Waals surface area contributed by atoms with Crippen molar-refractivity contribution in [2.45, 2.75) is 6.10 Å². The van der Waals surface area contributed by atoms with Crippen LogP contribution in [0.3, 0.4) is 0 Å². The summed E-state index contributed by atoms with van der Waals surface area (Å²) in [5.74, 6) is 0.0785. The van der Waals surface area contributed by atoms with Crippen LogP contribution in [-0.2, 0) is 4.79 Å². The Bertz CT molecular complexity index is 1230. The molecule has 3 heterocycles. The van der Waals surface area contributed by atoms with Gasteiger partial charge in [0.2, 0.25) is 12.1 Å². The Morgan fingerprint density at radius 1 is 1.12 bits per heavy atom. The number of methoxy groups -OCH3 is 1. The number of carbonyl (C=O) groups excluding carboxylic acids is 1. The average Bonchev–Trinajstić information content (AvgIpc) is 2.83. The minimum absolute atomic E-state index is 0.0121. The van der Waals surface area contributed by atoms with Gasteiger partial charge in [-0.15, -0.1) is 0 Å². The van der Waals surface area contributed by atoms with Crippen LogP contribution in [-0.4, -0.2) is 66.8 Å². The van der Waals surface area contributed by atoms with E-state index in [9.17, 15) is 13.6 Å². The molecule has 3 aromatic rings. The highest BCUT2D eigenvalue weighted by molar-refractivity contribution is 5.90. The van der Waals surface area contributed by atoms with E-state index in [1.165, 1.54) is 37.4 Å². The lowest BCUT2D eigenvalue weighted by atomic mass is 10.2. The molecule has 11 heteroatoms. The van der Waals surface area contributed by atoms with Gasteiger partial charge in [0.05, 0.1) is 12.6 Å². The Morgan fingerprint density at radius 2 is 1.91 bits per heavy atom. The van der Waals surface area contributed by atoms with E-state index in [-0.39, 0.29) is 29.8 Å². The Hall–Kier alpha value is -3.89. The third kappa shape index (κ3) is 3.90. The third-order valence-corrected chi connectivity index (χ3v) is 5.70. The number of carbonyl (C=O) groups is 1. The Labute approximate surface area is 187 Å². The summed E-state index contributed by atoms with van der Waals surface area (Å²) in [4.78, 5) is 25.4. The topological polar surface area (TPSA) is 103 Å². The number of nitrogens with zero attached hydrogens (tertiary/aromatic N) is 4. The standard InChI is InChI=1S/C22H21F2N5O4/c1-31-17-10-15-13(9-14(17)24)20(25)27-22(26-15)29-6-4-28(5-7-29)21(30)19-11-32-18-8-12(23)2-3-16(18)33-19/h2-3,8-10,19H,4-7,11H2,1H3,(H2,25,26,27). The molecule has 1 atom stereocenters. The zero-order valence-electron chi connectivity index (χ0n) is 17.8. The molecule has 1 aromatic heterocycles. The van der Waals surface area contributed by atoms with Gasteiger partial charge in [0.25, 0.3) is 5.91 Å². The number of anilines is 2. The molecule has 2 aliphatic rings. The SMILES string of the molecule is COc1cc2nc(N3CCN(C(=O)C4COc5cc(F)ccc5O4)CC3)nc(N)c2cc1F. The smallest absolute Gasteiger partial charge is 0.267 e. The van der Waals surface area contributed by atoms with Gasteiger partial charge in [0.15, 0.2) is 23.1 Å². The second kappa shape index (κ2) is 8.23. The molecule has 33 heavy (non-hydrogen) atoms. The van der Waals surface area contributed by atoms with E-state index in [1.807, 2.05) is 4.90 Å². The quantitative estimate of drug-likeness (QED) is 0.637. The number of rotatable bonds is 3. The Balaban J connectivity index is 1.27. The molecule has 9 nitrogen and oxygen atoms in total. The maximum atomic E-state index is 14.0. The minimum atomic E-state index is -0.801. The second-order valence-electron chi connectivity index (χ2n) is 7.73. The molecule has 1 saturated heterocycles. The molecule has 0 spiro atoms. The number of amides is 1. The number of nitrogens with two attached hydrogens (primary N) is 1. The number of aromatic nitrogens is 2. The lowest BCUT2D eigenvalue weighted by Crippen LogP contribution is -2.54. The van der Waals surface area contributed by atoms with Gasteiger partial charge in [0, 0.05) is 43.7 Å². The Kier molecular flexibility index (Phi) is 5.23. The van der Waals surface area contributed by atoms with Crippen LogP contribution in [0.15, 0.2) is 30.3 Å². The van der Waals surface area contributed by atoms with E-state index < -0.39 is 17.7 Å². The van der Waals surface area contributed by atoms with Crippen molar-refractivity contribution < 1.29 is 27.8 Å². The molecule has 2 aromatic carbocycles. The van der Waals surface area contributed by atoms with Gasteiger partial charge >= 0.3 is 0 Å². The summed E-state index contributed by atoms with van der Waals surface area (Å²) < 4.78 is 43.6. The number of hydrogen-bond acceptors (Lipinski definition) is 8. The number of ether oxygens (including phenoxy) is 3. The molecule has 0 aliphatic carbocycles. The fourth-order valence-corrected chi connectivity index (χ4v) is 3.94. The van der Waals surface area contributed by atoms with Crippen molar-refractivity contribution >= 4 is 28.6 Å². The van der Waals surface area contributed by atoms with Crippen molar-refractivity contribution in [3.8, 4) is 17.2 Å². The number of fused-ring (bicyclic) bond motifs is 2. The predicted octanol–water partition coefficient (Wildman–Crippen LogP) is 1.99. The lowest BCUT2D eigenvalue weighted by Gasteiger charge is -2.37. The maximum absolute atomic E-state index is 14.0. The highest BCUT2D eigenvalue weighted by Crippen LogP contribution is 2.33. The van der Waals surface area contributed by atoms with Gasteiger partial charge < -0.3 is 29.7 Å². The normalized spacial score (nSPS) is 17.8. The molecule has 1 amide bonds. The minimum Gasteiger partial charge on any atom is -0.494 e. The monoisotopic (exact) mass is 457 g/mol. The molecule has 0 saturated carbocycles. The van der Waals surface area contributed by atoms with Crippen molar-refractivity contribution in [2.75, 3.05) is 50.5 Å². The van der Waals surface area contributed by atoms with Crippen LogP contribution in [0, 0.1) is 11.6 Å². The van der Waals surface area contributed by atoms with Crippen LogP contribution in [0.5, 0.6) is 17.2 Å². The van der Waals surface area contributed by atoms with Crippen LogP contribution < -0.4 is 24.8 Å². The number of piperazine rings is 1. The van der Waals surface area contributed by atoms with E-state index in [0.717, 1.165) is 0 Å². The van der Waals surface area contributed by atoms with Crippen molar-refractivity contribution in [3.05, 3.63) is 42.0 Å². The summed E-state index contributed by atoms with van der Waals surface area (Å²) in [6.45, 7) is 1.80. The zero-order valence-corrected chi connectivity index (χ0v) is 17.8. The number of nitrogen functional groups attached to an aromatic ring is 1. The number of hydrogen-bond donors (Lipinski definition) is 1. The molecular formula is C22H21F2N5O4. The summed E-state index contributed by atoms with van der Waals surface area (Å²) in [6, 6.07) is 6.67. The van der Waals surface area contributed by atoms with E-state index in [2.05, 4.69) is 9.97 Å². The first kappa shape index (κ1) is 21.0. The largest absolute Gasteiger partial charge is 0.494 e. The fourth-order valence-electron chi connectivity index (χ4n) is 3.94. The number of halogens is 2. The van der Waals surface area contributed by atoms with Gasteiger partial charge in [-0.05, 0) is 18.2 Å². The van der Waals surface area contributed by atoms with Crippen molar-refractivity contribution in [1.29, 1.82) is 0 Å². The van der Waals surface area contributed by atoms with Gasteiger partial charge in [-0.25, -0.2) is 13.8 Å². The van der Waals surface area contributed by atoms with Crippen LogP contribution in [0.4, 0.5) is 20.5 Å². The summed E-state index contributed by atoms with van der Waals surface area (Å²) in [6.07, 6.45) is -0.801. The van der Waals surface area contributed by atoms with Crippen molar-refractivity contribution in [1.82, 2.24) is 14.9 Å². The molecule has 2 N–H and O–H groups in total. The summed E-state index contributed by atoms with van der Waals surface area (Å²) in [5.41, 5.74) is 6.51. The van der Waals surface area contributed by atoms with Crippen molar-refractivity contribution in [3.63, 3.8) is 0 Å². The molecular weight excluding hydrogens is 436 g/mol. The first-order chi connectivity index (χ1) is 15.9. The fraction of sp³-hybridized carbons (Fsp3) is 0.318. The van der Waals surface area contributed by atoms with Crippen molar-refractivity contribution in [2.24, 2.45) is 0 Å². The van der Waals surface area contributed by atoms with Crippen LogP contribution in [0.2, 0.25) is 0 Å². The first-order valence-corrected chi connectivity index (χ1v) is 10.4. The van der Waals surface area contributed by atoms with Gasteiger partial charge in [-0.2, -0.15) is 4.98 Å². The molecule has 5 rings (SSSR count). The van der Waals surface area contributed by atoms with Crippen LogP contribution >= 0.6 is 0 Å². The van der Waals surface area contributed by atoms with Crippen LogP contribution in [0.25, 0.3) is 10.9 Å². The Morgan fingerprint density at radius 3 is 2.67 bits per heavy atom. The van der Waals surface area contributed by atoms with Gasteiger partial charge in [0.1, 0.15) is 18.2 Å². The average molecular weight is 457 g/mol. The molecule has 0 radical (unpaired) electrons. The third-order valence-electron chi connectivity index (χ3n) is 5.70. The molecule has 1 fully saturated rings. The van der Waals surface area contributed by atoms with Crippen LogP contribution in [0.1, 0.15) is 0 Å².